The standard InChI is InChI=1S/C24H22N2O4S/c1-16-23(27)26(18-11-14-21(28-2)22(15-18)29-3)24(31)25(16)17-9-12-20(13-10-17)30-19-7-5-4-6-8-19/h4-15,27H,1-3H3. The van der Waals surface area contributed by atoms with E-state index in [1.54, 1.807) is 30.9 Å². The minimum absolute atomic E-state index is 0.0573. The van der Waals surface area contributed by atoms with Crippen molar-refractivity contribution in [1.29, 1.82) is 0 Å². The number of aromatic nitrogens is 2. The second-order valence-electron chi connectivity index (χ2n) is 6.81. The molecule has 0 saturated carbocycles. The van der Waals surface area contributed by atoms with Gasteiger partial charge in [0.25, 0.3) is 0 Å². The van der Waals surface area contributed by atoms with Crippen LogP contribution >= 0.6 is 12.2 Å². The number of hydrogen-bond acceptors (Lipinski definition) is 5. The summed E-state index contributed by atoms with van der Waals surface area (Å²) in [6.07, 6.45) is 0. The molecule has 1 aromatic heterocycles. The van der Waals surface area contributed by atoms with E-state index in [2.05, 4.69) is 0 Å². The summed E-state index contributed by atoms with van der Waals surface area (Å²) >= 11 is 5.71. The highest BCUT2D eigenvalue weighted by molar-refractivity contribution is 7.71. The fourth-order valence-electron chi connectivity index (χ4n) is 3.38. The second kappa shape index (κ2) is 8.57. The molecule has 0 atom stereocenters. The molecule has 4 aromatic rings. The van der Waals surface area contributed by atoms with E-state index in [4.69, 9.17) is 26.4 Å². The Morgan fingerprint density at radius 1 is 0.742 bits per heavy atom. The molecule has 1 N–H and O–H groups in total. The molecule has 0 amide bonds. The molecular formula is C24H22N2O4S. The van der Waals surface area contributed by atoms with Crippen molar-refractivity contribution in [1.82, 2.24) is 9.13 Å². The molecule has 3 aromatic carbocycles. The summed E-state index contributed by atoms with van der Waals surface area (Å²) in [6, 6.07) is 22.5. The van der Waals surface area contributed by atoms with Gasteiger partial charge in [-0.25, -0.2) is 0 Å². The van der Waals surface area contributed by atoms with Crippen molar-refractivity contribution in [2.45, 2.75) is 6.92 Å². The Morgan fingerprint density at radius 3 is 2.00 bits per heavy atom. The van der Waals surface area contributed by atoms with Gasteiger partial charge in [0.05, 0.1) is 25.6 Å². The smallest absolute Gasteiger partial charge is 0.218 e. The van der Waals surface area contributed by atoms with Gasteiger partial charge < -0.3 is 19.3 Å². The highest BCUT2D eigenvalue weighted by Crippen LogP contribution is 2.33. The maximum absolute atomic E-state index is 10.8. The van der Waals surface area contributed by atoms with Gasteiger partial charge in [-0.15, -0.1) is 0 Å². The third kappa shape index (κ3) is 3.87. The zero-order valence-electron chi connectivity index (χ0n) is 17.4. The summed E-state index contributed by atoms with van der Waals surface area (Å²) in [7, 11) is 3.14. The van der Waals surface area contributed by atoms with Gasteiger partial charge >= 0.3 is 0 Å². The molecule has 6 nitrogen and oxygen atoms in total. The van der Waals surface area contributed by atoms with Gasteiger partial charge in [-0.05, 0) is 67.7 Å². The lowest BCUT2D eigenvalue weighted by Crippen LogP contribution is -2.00. The predicted octanol–water partition coefficient (Wildman–Crippen LogP) is 5.82. The summed E-state index contributed by atoms with van der Waals surface area (Å²) in [6.45, 7) is 1.82. The van der Waals surface area contributed by atoms with Crippen molar-refractivity contribution in [3.63, 3.8) is 0 Å². The summed E-state index contributed by atoms with van der Waals surface area (Å²) < 4.78 is 20.4. The highest BCUT2D eigenvalue weighted by Gasteiger charge is 2.18. The Labute approximate surface area is 185 Å². The van der Waals surface area contributed by atoms with Crippen LogP contribution < -0.4 is 14.2 Å². The largest absolute Gasteiger partial charge is 0.493 e. The van der Waals surface area contributed by atoms with Crippen LogP contribution in [0.2, 0.25) is 0 Å². The van der Waals surface area contributed by atoms with E-state index in [-0.39, 0.29) is 5.88 Å². The molecule has 1 heterocycles. The van der Waals surface area contributed by atoms with Crippen LogP contribution in [-0.4, -0.2) is 28.5 Å². The number of ether oxygens (including phenoxy) is 3. The number of benzene rings is 3. The zero-order chi connectivity index (χ0) is 22.0. The lowest BCUT2D eigenvalue weighted by Gasteiger charge is -2.11. The average molecular weight is 435 g/mol. The summed E-state index contributed by atoms with van der Waals surface area (Å²) in [5.41, 5.74) is 2.11. The monoisotopic (exact) mass is 434 g/mol. The Balaban J connectivity index is 1.72. The van der Waals surface area contributed by atoms with Crippen molar-refractivity contribution in [3.8, 4) is 40.3 Å². The minimum Gasteiger partial charge on any atom is -0.493 e. The van der Waals surface area contributed by atoms with E-state index in [0.717, 1.165) is 11.4 Å². The summed E-state index contributed by atoms with van der Waals surface area (Å²) in [4.78, 5) is 0. The number of methoxy groups -OCH3 is 2. The third-order valence-electron chi connectivity index (χ3n) is 4.95. The second-order valence-corrected chi connectivity index (χ2v) is 7.18. The number of nitrogens with zero attached hydrogens (tertiary/aromatic N) is 2. The van der Waals surface area contributed by atoms with E-state index in [9.17, 15) is 5.11 Å². The van der Waals surface area contributed by atoms with Crippen LogP contribution in [0.3, 0.4) is 0 Å². The Kier molecular flexibility index (Phi) is 5.68. The summed E-state index contributed by atoms with van der Waals surface area (Å²) in [5.74, 6) is 2.68. The van der Waals surface area contributed by atoms with Crippen LogP contribution in [0.25, 0.3) is 11.4 Å². The van der Waals surface area contributed by atoms with Gasteiger partial charge in [0.1, 0.15) is 11.5 Å². The maximum atomic E-state index is 10.8. The lowest BCUT2D eigenvalue weighted by molar-refractivity contribution is 0.354. The van der Waals surface area contributed by atoms with E-state index >= 15 is 0 Å². The molecule has 0 bridgehead atoms. The van der Waals surface area contributed by atoms with Crippen LogP contribution in [0.5, 0.6) is 28.9 Å². The van der Waals surface area contributed by atoms with Crippen LogP contribution in [0, 0.1) is 11.7 Å². The lowest BCUT2D eigenvalue weighted by atomic mass is 10.2. The first-order chi connectivity index (χ1) is 15.0. The average Bonchev–Trinajstić information content (AvgIpc) is 3.02. The molecule has 4 rings (SSSR count). The van der Waals surface area contributed by atoms with Crippen LogP contribution in [0.4, 0.5) is 0 Å². The van der Waals surface area contributed by atoms with Crippen LogP contribution in [0.15, 0.2) is 72.8 Å². The zero-order valence-corrected chi connectivity index (χ0v) is 18.2. The quantitative estimate of drug-likeness (QED) is 0.388. The molecule has 0 aliphatic heterocycles. The third-order valence-corrected chi connectivity index (χ3v) is 5.32. The highest BCUT2D eigenvalue weighted by atomic mass is 32.1. The summed E-state index contributed by atoms with van der Waals surface area (Å²) in [5, 5.41) is 10.8. The number of aromatic hydroxyl groups is 1. The molecule has 0 aliphatic rings. The number of para-hydroxylation sites is 1. The number of rotatable bonds is 6. The van der Waals surface area contributed by atoms with E-state index in [1.165, 1.54) is 0 Å². The van der Waals surface area contributed by atoms with Crippen molar-refractivity contribution < 1.29 is 19.3 Å². The molecule has 0 aliphatic carbocycles. The number of hydrogen-bond donors (Lipinski definition) is 1. The molecular weight excluding hydrogens is 412 g/mol. The van der Waals surface area contributed by atoms with Crippen molar-refractivity contribution in [2.24, 2.45) is 0 Å². The molecule has 0 saturated heterocycles. The van der Waals surface area contributed by atoms with Gasteiger partial charge in [0.2, 0.25) is 5.88 Å². The van der Waals surface area contributed by atoms with Crippen LogP contribution in [0.1, 0.15) is 5.69 Å². The Morgan fingerprint density at radius 2 is 1.35 bits per heavy atom. The molecule has 0 radical (unpaired) electrons. The normalized spacial score (nSPS) is 10.7. The van der Waals surface area contributed by atoms with Crippen LogP contribution in [-0.2, 0) is 0 Å². The van der Waals surface area contributed by atoms with Gasteiger partial charge in [-0.1, -0.05) is 18.2 Å². The Hall–Kier alpha value is -3.71. The number of imidazole rings is 1. The van der Waals surface area contributed by atoms with Crippen molar-refractivity contribution in [2.75, 3.05) is 14.2 Å². The van der Waals surface area contributed by atoms with E-state index < -0.39 is 0 Å². The van der Waals surface area contributed by atoms with Gasteiger partial charge in [0, 0.05) is 11.8 Å². The van der Waals surface area contributed by atoms with Gasteiger partial charge in [-0.3, -0.25) is 9.13 Å². The topological polar surface area (TPSA) is 57.8 Å². The van der Waals surface area contributed by atoms with Gasteiger partial charge in [-0.2, -0.15) is 0 Å². The molecule has 0 spiro atoms. The fraction of sp³-hybridized carbons (Fsp3) is 0.125. The minimum atomic E-state index is 0.0573. The maximum Gasteiger partial charge on any atom is 0.218 e. The van der Waals surface area contributed by atoms with E-state index in [1.807, 2.05) is 72.2 Å². The predicted molar refractivity (Wildman–Crippen MR) is 122 cm³/mol. The fourth-order valence-corrected chi connectivity index (χ4v) is 3.82. The molecule has 158 valence electrons. The molecule has 0 unspecified atom stereocenters. The first-order valence-electron chi connectivity index (χ1n) is 9.62. The molecule has 31 heavy (non-hydrogen) atoms. The first-order valence-corrected chi connectivity index (χ1v) is 10.0. The van der Waals surface area contributed by atoms with E-state index in [0.29, 0.717) is 33.4 Å². The molecule has 7 heteroatoms. The van der Waals surface area contributed by atoms with Gasteiger partial charge in [0.15, 0.2) is 16.3 Å². The first kappa shape index (κ1) is 20.6. The SMILES string of the molecule is COc1ccc(-n2c(O)c(C)n(-c3ccc(Oc4ccccc4)cc3)c2=S)cc1OC. The Bertz CT molecular complexity index is 1260. The van der Waals surface area contributed by atoms with Crippen molar-refractivity contribution >= 4 is 12.2 Å². The molecule has 0 fully saturated rings. The van der Waals surface area contributed by atoms with Crippen molar-refractivity contribution in [3.05, 3.63) is 83.3 Å².